The summed E-state index contributed by atoms with van der Waals surface area (Å²) in [6.07, 6.45) is 0. The van der Waals surface area contributed by atoms with E-state index in [1.54, 1.807) is 7.11 Å². The molecule has 8 heteroatoms. The Labute approximate surface area is 196 Å². The van der Waals surface area contributed by atoms with Gasteiger partial charge in [-0.05, 0) is 31.2 Å². The summed E-state index contributed by atoms with van der Waals surface area (Å²) >= 11 is 1.31. The van der Waals surface area contributed by atoms with Crippen molar-refractivity contribution in [2.24, 2.45) is 5.10 Å². The number of nitrogens with one attached hydrogen (secondary N) is 1. The molecule has 7 nitrogen and oxygen atoms in total. The van der Waals surface area contributed by atoms with Crippen LogP contribution in [-0.4, -0.2) is 39.2 Å². The van der Waals surface area contributed by atoms with Crippen molar-refractivity contribution < 1.29 is 9.53 Å². The fourth-order valence-corrected chi connectivity index (χ4v) is 3.91. The molecule has 1 aromatic heterocycles. The third-order valence-electron chi connectivity index (χ3n) is 4.85. The average molecular weight is 458 g/mol. The van der Waals surface area contributed by atoms with Gasteiger partial charge in [-0.1, -0.05) is 72.4 Å². The molecule has 0 atom stereocenters. The number of thioether (sulfide) groups is 1. The number of hydrogen-bond donors (Lipinski definition) is 1. The van der Waals surface area contributed by atoms with Crippen LogP contribution in [0.15, 0.2) is 95.2 Å². The van der Waals surface area contributed by atoms with Crippen molar-refractivity contribution >= 4 is 23.4 Å². The summed E-state index contributed by atoms with van der Waals surface area (Å²) in [7, 11) is 1.61. The lowest BCUT2D eigenvalue weighted by atomic mass is 10.1. The van der Waals surface area contributed by atoms with Crippen LogP contribution in [0.1, 0.15) is 12.5 Å². The number of hydrazone groups is 1. The zero-order valence-corrected chi connectivity index (χ0v) is 19.1. The molecule has 0 spiro atoms. The van der Waals surface area contributed by atoms with E-state index in [1.807, 2.05) is 96.4 Å². The summed E-state index contributed by atoms with van der Waals surface area (Å²) < 4.78 is 7.20. The zero-order valence-electron chi connectivity index (χ0n) is 18.3. The molecule has 0 aliphatic heterocycles. The van der Waals surface area contributed by atoms with Gasteiger partial charge in [-0.2, -0.15) is 5.10 Å². The number of ether oxygens (including phenoxy) is 1. The standard InChI is InChI=1S/C25H23N5O2S/c1-18(20-12-9-15-22(16-20)32-2)26-27-23(31)17-33-25-29-28-24(19-10-5-3-6-11-19)30(25)21-13-7-4-8-14-21/h3-16H,17H2,1-2H3,(H,27,31)/b26-18-. The molecule has 0 unspecified atom stereocenters. The van der Waals surface area contributed by atoms with E-state index in [-0.39, 0.29) is 11.7 Å². The molecule has 0 aliphatic carbocycles. The fourth-order valence-electron chi connectivity index (χ4n) is 3.17. The predicted molar refractivity (Wildman–Crippen MR) is 131 cm³/mol. The molecular formula is C25H23N5O2S. The minimum absolute atomic E-state index is 0.147. The van der Waals surface area contributed by atoms with E-state index in [9.17, 15) is 4.79 Å². The number of rotatable bonds is 8. The van der Waals surface area contributed by atoms with E-state index in [4.69, 9.17) is 4.74 Å². The maximum atomic E-state index is 12.5. The van der Waals surface area contributed by atoms with Gasteiger partial charge in [0.15, 0.2) is 11.0 Å². The summed E-state index contributed by atoms with van der Waals surface area (Å²) in [5, 5.41) is 13.6. The SMILES string of the molecule is COc1cccc(/C(C)=N\NC(=O)CSc2nnc(-c3ccccc3)n2-c2ccccc2)c1. The van der Waals surface area contributed by atoms with Crippen LogP contribution >= 0.6 is 11.8 Å². The Morgan fingerprint density at radius 2 is 1.73 bits per heavy atom. The van der Waals surface area contributed by atoms with E-state index in [0.717, 1.165) is 28.4 Å². The molecular weight excluding hydrogens is 434 g/mol. The number of methoxy groups -OCH3 is 1. The molecule has 1 N–H and O–H groups in total. The van der Waals surface area contributed by atoms with E-state index in [0.29, 0.717) is 10.9 Å². The Bertz CT molecular complexity index is 1260. The lowest BCUT2D eigenvalue weighted by Gasteiger charge is -2.10. The molecule has 33 heavy (non-hydrogen) atoms. The topological polar surface area (TPSA) is 81.4 Å². The van der Waals surface area contributed by atoms with Crippen LogP contribution in [0.5, 0.6) is 5.75 Å². The van der Waals surface area contributed by atoms with Crippen molar-refractivity contribution in [1.29, 1.82) is 0 Å². The minimum atomic E-state index is -0.230. The van der Waals surface area contributed by atoms with Gasteiger partial charge in [0.2, 0.25) is 0 Å². The highest BCUT2D eigenvalue weighted by Gasteiger charge is 2.17. The predicted octanol–water partition coefficient (Wildman–Crippen LogP) is 4.58. The Hall–Kier alpha value is -3.91. The first kappa shape index (κ1) is 22.3. The lowest BCUT2D eigenvalue weighted by molar-refractivity contribution is -0.118. The summed E-state index contributed by atoms with van der Waals surface area (Å²) in [6.45, 7) is 1.83. The van der Waals surface area contributed by atoms with Crippen molar-refractivity contribution in [3.8, 4) is 22.8 Å². The number of benzene rings is 3. The number of carbonyl (C=O) groups is 1. The second kappa shape index (κ2) is 10.6. The van der Waals surface area contributed by atoms with Crippen LogP contribution in [0.3, 0.4) is 0 Å². The smallest absolute Gasteiger partial charge is 0.250 e. The van der Waals surface area contributed by atoms with Crippen LogP contribution in [0.4, 0.5) is 0 Å². The van der Waals surface area contributed by atoms with Gasteiger partial charge in [0, 0.05) is 16.8 Å². The molecule has 0 saturated heterocycles. The molecule has 3 aromatic carbocycles. The maximum absolute atomic E-state index is 12.5. The van der Waals surface area contributed by atoms with Crippen molar-refractivity contribution in [2.75, 3.05) is 12.9 Å². The third kappa shape index (κ3) is 5.48. The first-order valence-electron chi connectivity index (χ1n) is 10.3. The summed E-state index contributed by atoms with van der Waals surface area (Å²) in [5.41, 5.74) is 6.05. The molecule has 1 amide bonds. The van der Waals surface area contributed by atoms with Crippen molar-refractivity contribution in [1.82, 2.24) is 20.2 Å². The van der Waals surface area contributed by atoms with Gasteiger partial charge < -0.3 is 4.74 Å². The van der Waals surface area contributed by atoms with Crippen LogP contribution < -0.4 is 10.2 Å². The highest BCUT2D eigenvalue weighted by molar-refractivity contribution is 7.99. The van der Waals surface area contributed by atoms with Crippen LogP contribution in [0, 0.1) is 0 Å². The molecule has 0 radical (unpaired) electrons. The number of nitrogens with zero attached hydrogens (tertiary/aromatic N) is 4. The highest BCUT2D eigenvalue weighted by atomic mass is 32.2. The Kier molecular flexibility index (Phi) is 7.16. The van der Waals surface area contributed by atoms with Gasteiger partial charge in [-0.25, -0.2) is 5.43 Å². The van der Waals surface area contributed by atoms with Gasteiger partial charge in [0.25, 0.3) is 5.91 Å². The normalized spacial score (nSPS) is 11.3. The van der Waals surface area contributed by atoms with Gasteiger partial charge in [0.1, 0.15) is 5.75 Å². The van der Waals surface area contributed by atoms with Gasteiger partial charge in [-0.15, -0.1) is 10.2 Å². The second-order valence-corrected chi connectivity index (χ2v) is 8.04. The fraction of sp³-hybridized carbons (Fsp3) is 0.120. The van der Waals surface area contributed by atoms with E-state index in [1.165, 1.54) is 11.8 Å². The van der Waals surface area contributed by atoms with Crippen LogP contribution in [-0.2, 0) is 4.79 Å². The van der Waals surface area contributed by atoms with Crippen molar-refractivity contribution in [3.63, 3.8) is 0 Å². The lowest BCUT2D eigenvalue weighted by Crippen LogP contribution is -2.21. The summed E-state index contributed by atoms with van der Waals surface area (Å²) in [5.74, 6) is 1.37. The Morgan fingerprint density at radius 1 is 1.00 bits per heavy atom. The van der Waals surface area contributed by atoms with E-state index < -0.39 is 0 Å². The van der Waals surface area contributed by atoms with Gasteiger partial charge in [0.05, 0.1) is 18.6 Å². The largest absolute Gasteiger partial charge is 0.497 e. The third-order valence-corrected chi connectivity index (χ3v) is 5.78. The van der Waals surface area contributed by atoms with Crippen LogP contribution in [0.25, 0.3) is 17.1 Å². The molecule has 1 heterocycles. The van der Waals surface area contributed by atoms with Gasteiger partial charge in [-0.3, -0.25) is 9.36 Å². The molecule has 0 fully saturated rings. The first-order valence-corrected chi connectivity index (χ1v) is 11.3. The van der Waals surface area contributed by atoms with Gasteiger partial charge >= 0.3 is 0 Å². The Balaban J connectivity index is 1.49. The number of para-hydroxylation sites is 1. The zero-order chi connectivity index (χ0) is 23.0. The average Bonchev–Trinajstić information content (AvgIpc) is 3.31. The molecule has 0 aliphatic rings. The molecule has 4 rings (SSSR count). The Morgan fingerprint density at radius 3 is 2.45 bits per heavy atom. The number of hydrogen-bond acceptors (Lipinski definition) is 6. The summed E-state index contributed by atoms with van der Waals surface area (Å²) in [4.78, 5) is 12.5. The molecule has 4 aromatic rings. The number of aromatic nitrogens is 3. The van der Waals surface area contributed by atoms with Crippen LogP contribution in [0.2, 0.25) is 0 Å². The maximum Gasteiger partial charge on any atom is 0.250 e. The minimum Gasteiger partial charge on any atom is -0.497 e. The second-order valence-electron chi connectivity index (χ2n) is 7.10. The number of carbonyl (C=O) groups excluding carboxylic acids is 1. The van der Waals surface area contributed by atoms with Crippen molar-refractivity contribution in [3.05, 3.63) is 90.5 Å². The first-order chi connectivity index (χ1) is 16.2. The van der Waals surface area contributed by atoms with Crippen molar-refractivity contribution in [2.45, 2.75) is 12.1 Å². The van der Waals surface area contributed by atoms with E-state index in [2.05, 4.69) is 20.7 Å². The molecule has 0 saturated carbocycles. The monoisotopic (exact) mass is 457 g/mol. The molecule has 166 valence electrons. The number of amides is 1. The quantitative estimate of drug-likeness (QED) is 0.238. The molecule has 0 bridgehead atoms. The highest BCUT2D eigenvalue weighted by Crippen LogP contribution is 2.27. The van der Waals surface area contributed by atoms with E-state index >= 15 is 0 Å². The summed E-state index contributed by atoms with van der Waals surface area (Å²) in [6, 6.07) is 27.2.